The summed E-state index contributed by atoms with van der Waals surface area (Å²) >= 11 is 6.35. The number of aryl methyl sites for hydroxylation is 1. The molecule has 0 spiro atoms. The van der Waals surface area contributed by atoms with Gasteiger partial charge in [0.25, 0.3) is 0 Å². The fourth-order valence-corrected chi connectivity index (χ4v) is 5.27. The number of hydrogen-bond acceptors (Lipinski definition) is 6. The number of aromatic nitrogens is 5. The zero-order valence-corrected chi connectivity index (χ0v) is 21.4. The van der Waals surface area contributed by atoms with Gasteiger partial charge in [-0.2, -0.15) is 0 Å². The third kappa shape index (κ3) is 5.03. The molecule has 2 aliphatic rings. The molecule has 0 N–H and O–H groups in total. The number of amides is 1. The van der Waals surface area contributed by atoms with Crippen molar-refractivity contribution in [2.75, 3.05) is 0 Å². The minimum Gasteiger partial charge on any atom is -0.444 e. The fraction of sp³-hybridized carbons (Fsp3) is 0.500. The molecule has 3 heterocycles. The largest absolute Gasteiger partial charge is 0.444 e. The van der Waals surface area contributed by atoms with Gasteiger partial charge in [-0.05, 0) is 77.1 Å². The van der Waals surface area contributed by atoms with Crippen LogP contribution in [0.4, 0.5) is 4.79 Å². The van der Waals surface area contributed by atoms with Crippen molar-refractivity contribution in [1.82, 2.24) is 29.6 Å². The Bertz CT molecular complexity index is 1240. The maximum absolute atomic E-state index is 13.0. The van der Waals surface area contributed by atoms with E-state index in [1.54, 1.807) is 11.1 Å². The van der Waals surface area contributed by atoms with E-state index in [2.05, 4.69) is 19.7 Å². The van der Waals surface area contributed by atoms with Gasteiger partial charge < -0.3 is 4.74 Å². The highest BCUT2D eigenvalue weighted by molar-refractivity contribution is 6.30. The van der Waals surface area contributed by atoms with E-state index in [-0.39, 0.29) is 12.0 Å². The first-order valence-corrected chi connectivity index (χ1v) is 12.5. The molecule has 184 valence electrons. The Morgan fingerprint density at radius 3 is 2.51 bits per heavy atom. The lowest BCUT2D eigenvalue weighted by Crippen LogP contribution is -2.35. The molecule has 1 fully saturated rings. The average molecular weight is 495 g/mol. The number of hydrogen-bond donors (Lipinski definition) is 0. The van der Waals surface area contributed by atoms with E-state index in [9.17, 15) is 4.79 Å². The molecule has 0 atom stereocenters. The van der Waals surface area contributed by atoms with Crippen LogP contribution >= 0.6 is 11.6 Å². The van der Waals surface area contributed by atoms with Gasteiger partial charge in [-0.25, -0.2) is 4.79 Å². The first kappa shape index (κ1) is 23.7. The molecule has 0 unspecified atom stereocenters. The summed E-state index contributed by atoms with van der Waals surface area (Å²) in [6.45, 7) is 8.30. The van der Waals surface area contributed by atoms with Crippen molar-refractivity contribution in [2.24, 2.45) is 0 Å². The first-order chi connectivity index (χ1) is 16.7. The Hall–Kier alpha value is -3.00. The molecule has 1 aliphatic heterocycles. The number of carbonyl (C=O) groups is 1. The zero-order chi connectivity index (χ0) is 24.7. The standard InChI is InChI=1S/C26H31ClN6O2/c1-16-12-28-13-21(29-16)17-5-7-18(8-6-17)24-31-30-23-15-32(25(34)35-26(2,3)4)14-19-11-20(27)9-10-22(19)33(23)24/h9-13,17-18H,5-8,14-15H2,1-4H3. The predicted molar refractivity (Wildman–Crippen MR) is 133 cm³/mol. The molecule has 5 rings (SSSR count). The van der Waals surface area contributed by atoms with Crippen molar-refractivity contribution >= 4 is 17.7 Å². The Morgan fingerprint density at radius 1 is 1.06 bits per heavy atom. The van der Waals surface area contributed by atoms with Crippen LogP contribution in [-0.4, -0.2) is 41.3 Å². The van der Waals surface area contributed by atoms with Crippen LogP contribution in [0.1, 0.15) is 86.9 Å². The highest BCUT2D eigenvalue weighted by atomic mass is 35.5. The Morgan fingerprint density at radius 2 is 1.80 bits per heavy atom. The third-order valence-electron chi connectivity index (χ3n) is 6.67. The molecular formula is C26H31ClN6O2. The van der Waals surface area contributed by atoms with Crippen molar-refractivity contribution in [3.05, 3.63) is 64.2 Å². The highest BCUT2D eigenvalue weighted by Crippen LogP contribution is 2.41. The fourth-order valence-electron chi connectivity index (χ4n) is 5.07. The van der Waals surface area contributed by atoms with Gasteiger partial charge in [-0.1, -0.05) is 11.6 Å². The summed E-state index contributed by atoms with van der Waals surface area (Å²) in [6, 6.07) is 5.80. The number of benzene rings is 1. The van der Waals surface area contributed by atoms with E-state index in [1.165, 1.54) is 0 Å². The van der Waals surface area contributed by atoms with Crippen molar-refractivity contribution in [2.45, 2.75) is 83.9 Å². The highest BCUT2D eigenvalue weighted by Gasteiger charge is 2.33. The molecule has 0 saturated heterocycles. The van der Waals surface area contributed by atoms with Crippen LogP contribution in [-0.2, 0) is 17.8 Å². The van der Waals surface area contributed by atoms with E-state index in [0.717, 1.165) is 60.0 Å². The van der Waals surface area contributed by atoms with Crippen LogP contribution in [0.3, 0.4) is 0 Å². The third-order valence-corrected chi connectivity index (χ3v) is 6.90. The molecule has 8 nitrogen and oxygen atoms in total. The van der Waals surface area contributed by atoms with Crippen LogP contribution in [0, 0.1) is 6.92 Å². The topological polar surface area (TPSA) is 86.0 Å². The molecular weight excluding hydrogens is 464 g/mol. The normalized spacial score (nSPS) is 20.1. The maximum Gasteiger partial charge on any atom is 0.411 e. The number of fused-ring (bicyclic) bond motifs is 3. The van der Waals surface area contributed by atoms with E-state index in [1.807, 2.05) is 52.1 Å². The lowest BCUT2D eigenvalue weighted by molar-refractivity contribution is 0.0214. The van der Waals surface area contributed by atoms with Gasteiger partial charge in [-0.15, -0.1) is 10.2 Å². The SMILES string of the molecule is Cc1cncc(C2CCC(c3nnc4n3-c3ccc(Cl)cc3CN(C(=O)OC(C)(C)C)C4)CC2)n1. The van der Waals surface area contributed by atoms with Crippen LogP contribution in [0.5, 0.6) is 0 Å². The van der Waals surface area contributed by atoms with Gasteiger partial charge in [0.15, 0.2) is 5.82 Å². The lowest BCUT2D eigenvalue weighted by atomic mass is 9.80. The number of carbonyl (C=O) groups excluding carboxylic acids is 1. The summed E-state index contributed by atoms with van der Waals surface area (Å²) < 4.78 is 7.80. The summed E-state index contributed by atoms with van der Waals surface area (Å²) in [5, 5.41) is 9.81. The van der Waals surface area contributed by atoms with Gasteiger partial charge >= 0.3 is 6.09 Å². The number of ether oxygens (including phenoxy) is 1. The second-order valence-electron chi connectivity index (χ2n) is 10.6. The predicted octanol–water partition coefficient (Wildman–Crippen LogP) is 5.71. The molecule has 2 aromatic heterocycles. The average Bonchev–Trinajstić information content (AvgIpc) is 3.13. The smallest absolute Gasteiger partial charge is 0.411 e. The monoisotopic (exact) mass is 494 g/mol. The quantitative estimate of drug-likeness (QED) is 0.453. The van der Waals surface area contributed by atoms with E-state index < -0.39 is 5.60 Å². The minimum absolute atomic E-state index is 0.280. The summed E-state index contributed by atoms with van der Waals surface area (Å²) in [4.78, 5) is 23.7. The van der Waals surface area contributed by atoms with Gasteiger partial charge in [0.2, 0.25) is 0 Å². The Kier molecular flexibility index (Phi) is 6.25. The summed E-state index contributed by atoms with van der Waals surface area (Å²) in [6.07, 6.45) is 7.37. The van der Waals surface area contributed by atoms with E-state index in [4.69, 9.17) is 21.3 Å². The molecule has 35 heavy (non-hydrogen) atoms. The maximum atomic E-state index is 13.0. The molecule has 1 aliphatic carbocycles. The van der Waals surface area contributed by atoms with Crippen molar-refractivity contribution in [3.8, 4) is 5.69 Å². The van der Waals surface area contributed by atoms with Gasteiger partial charge in [0, 0.05) is 29.3 Å². The van der Waals surface area contributed by atoms with Crippen LogP contribution in [0.25, 0.3) is 5.69 Å². The Labute approximate surface area is 210 Å². The lowest BCUT2D eigenvalue weighted by Gasteiger charge is -2.28. The minimum atomic E-state index is -0.584. The molecule has 1 aromatic carbocycles. The summed E-state index contributed by atoms with van der Waals surface area (Å²) in [7, 11) is 0. The van der Waals surface area contributed by atoms with E-state index >= 15 is 0 Å². The molecule has 0 bridgehead atoms. The van der Waals surface area contributed by atoms with Crippen molar-refractivity contribution in [1.29, 1.82) is 0 Å². The molecule has 1 saturated carbocycles. The van der Waals surface area contributed by atoms with Gasteiger partial charge in [0.05, 0.1) is 30.2 Å². The van der Waals surface area contributed by atoms with Gasteiger partial charge in [0.1, 0.15) is 11.4 Å². The summed E-state index contributed by atoms with van der Waals surface area (Å²) in [5.41, 5.74) is 3.38. The number of nitrogens with zero attached hydrogens (tertiary/aromatic N) is 6. The first-order valence-electron chi connectivity index (χ1n) is 12.2. The number of rotatable bonds is 2. The zero-order valence-electron chi connectivity index (χ0n) is 20.7. The molecule has 3 aromatic rings. The van der Waals surface area contributed by atoms with Crippen LogP contribution < -0.4 is 0 Å². The second-order valence-corrected chi connectivity index (χ2v) is 11.0. The molecule has 1 amide bonds. The Balaban J connectivity index is 1.44. The van der Waals surface area contributed by atoms with Crippen molar-refractivity contribution in [3.63, 3.8) is 0 Å². The molecule has 0 radical (unpaired) electrons. The number of halogens is 1. The van der Waals surface area contributed by atoms with Crippen LogP contribution in [0.15, 0.2) is 30.6 Å². The van der Waals surface area contributed by atoms with Crippen LogP contribution in [0.2, 0.25) is 5.02 Å². The van der Waals surface area contributed by atoms with Crippen molar-refractivity contribution < 1.29 is 9.53 Å². The van der Waals surface area contributed by atoms with Gasteiger partial charge in [-0.3, -0.25) is 19.4 Å². The second kappa shape index (κ2) is 9.22. The summed E-state index contributed by atoms with van der Waals surface area (Å²) in [5.74, 6) is 2.38. The molecule has 9 heteroatoms. The van der Waals surface area contributed by atoms with E-state index in [0.29, 0.717) is 24.0 Å².